The van der Waals surface area contributed by atoms with Crippen LogP contribution in [-0.4, -0.2) is 72.7 Å². The smallest absolute Gasteiger partial charge is 0.261 e. The summed E-state index contributed by atoms with van der Waals surface area (Å²) in [4.78, 5) is 41.3. The molecule has 2 aliphatic rings. The fourth-order valence-electron chi connectivity index (χ4n) is 2.69. The van der Waals surface area contributed by atoms with Gasteiger partial charge >= 0.3 is 0 Å². The summed E-state index contributed by atoms with van der Waals surface area (Å²) in [5.41, 5.74) is 1.16. The van der Waals surface area contributed by atoms with E-state index in [1.807, 2.05) is 7.05 Å². The molecule has 0 atom stereocenters. The van der Waals surface area contributed by atoms with E-state index in [1.165, 1.54) is 7.05 Å². The normalized spacial score (nSPS) is 19.1. The lowest BCUT2D eigenvalue weighted by molar-refractivity contribution is 0.0662. The number of fused-ring (bicyclic) bond motifs is 1. The predicted octanol–water partition coefficient (Wildman–Crippen LogP) is 0.300. The number of hydrogen-bond donors (Lipinski definition) is 0. The van der Waals surface area contributed by atoms with Gasteiger partial charge in [-0.05, 0) is 25.2 Å². The molecule has 110 valence electrons. The van der Waals surface area contributed by atoms with Crippen LogP contribution in [0.25, 0.3) is 0 Å². The molecule has 3 rings (SSSR count). The molecule has 0 bridgehead atoms. The average molecular weight is 287 g/mol. The van der Waals surface area contributed by atoms with Crippen molar-refractivity contribution in [3.8, 4) is 0 Å². The molecule has 2 heterocycles. The molecule has 0 radical (unpaired) electrons. The largest absolute Gasteiger partial charge is 0.336 e. The molecule has 21 heavy (non-hydrogen) atoms. The quantitative estimate of drug-likeness (QED) is 0.697. The van der Waals surface area contributed by atoms with Gasteiger partial charge < -0.3 is 9.80 Å². The van der Waals surface area contributed by atoms with Gasteiger partial charge in [-0.3, -0.25) is 19.3 Å². The lowest BCUT2D eigenvalue weighted by atomic mass is 10.0. The summed E-state index contributed by atoms with van der Waals surface area (Å²) >= 11 is 0. The topological polar surface area (TPSA) is 60.9 Å². The van der Waals surface area contributed by atoms with Crippen LogP contribution >= 0.6 is 0 Å². The Labute approximate surface area is 122 Å². The molecule has 0 saturated carbocycles. The third kappa shape index (κ3) is 2.21. The Kier molecular flexibility index (Phi) is 3.25. The molecule has 1 fully saturated rings. The van der Waals surface area contributed by atoms with Crippen molar-refractivity contribution in [2.75, 3.05) is 40.3 Å². The SMILES string of the molecule is CN1CCN(C(=O)c2ccc3c(c2)C(=O)N(C)C3=O)CC1. The van der Waals surface area contributed by atoms with Gasteiger partial charge in [0.25, 0.3) is 17.7 Å². The highest BCUT2D eigenvalue weighted by atomic mass is 16.2. The maximum Gasteiger partial charge on any atom is 0.261 e. The fraction of sp³-hybridized carbons (Fsp3) is 0.400. The number of amides is 3. The molecule has 1 aromatic carbocycles. The minimum atomic E-state index is -0.344. The van der Waals surface area contributed by atoms with E-state index in [2.05, 4.69) is 4.90 Å². The van der Waals surface area contributed by atoms with Crippen molar-refractivity contribution >= 4 is 17.7 Å². The molecule has 1 aromatic rings. The summed E-state index contributed by atoms with van der Waals surface area (Å²) in [6, 6.07) is 4.74. The lowest BCUT2D eigenvalue weighted by Crippen LogP contribution is -2.47. The van der Waals surface area contributed by atoms with Crippen LogP contribution in [-0.2, 0) is 0 Å². The van der Waals surface area contributed by atoms with Gasteiger partial charge in [-0.1, -0.05) is 0 Å². The molecular weight excluding hydrogens is 270 g/mol. The molecule has 6 nitrogen and oxygen atoms in total. The number of hydrogen-bond acceptors (Lipinski definition) is 4. The van der Waals surface area contributed by atoms with E-state index in [4.69, 9.17) is 0 Å². The van der Waals surface area contributed by atoms with Crippen molar-refractivity contribution in [3.63, 3.8) is 0 Å². The summed E-state index contributed by atoms with van der Waals surface area (Å²) in [5.74, 6) is -0.739. The molecule has 0 aliphatic carbocycles. The summed E-state index contributed by atoms with van der Waals surface area (Å²) in [7, 11) is 3.48. The number of nitrogens with zero attached hydrogens (tertiary/aromatic N) is 3. The van der Waals surface area contributed by atoms with E-state index in [0.29, 0.717) is 29.8 Å². The molecule has 6 heteroatoms. The van der Waals surface area contributed by atoms with Crippen LogP contribution in [0.1, 0.15) is 31.1 Å². The highest BCUT2D eigenvalue weighted by molar-refractivity contribution is 6.21. The van der Waals surface area contributed by atoms with E-state index < -0.39 is 0 Å². The molecule has 0 unspecified atom stereocenters. The number of piperazine rings is 1. The van der Waals surface area contributed by atoms with E-state index in [9.17, 15) is 14.4 Å². The first-order chi connectivity index (χ1) is 9.99. The Balaban J connectivity index is 1.86. The van der Waals surface area contributed by atoms with Gasteiger partial charge in [-0.15, -0.1) is 0 Å². The van der Waals surface area contributed by atoms with E-state index >= 15 is 0 Å². The van der Waals surface area contributed by atoms with Crippen molar-refractivity contribution < 1.29 is 14.4 Å². The number of imide groups is 1. The van der Waals surface area contributed by atoms with Gasteiger partial charge in [0.15, 0.2) is 0 Å². The van der Waals surface area contributed by atoms with Crippen LogP contribution in [0.15, 0.2) is 18.2 Å². The summed E-state index contributed by atoms with van der Waals surface area (Å²) in [6.45, 7) is 3.05. The van der Waals surface area contributed by atoms with Crippen LogP contribution in [0, 0.1) is 0 Å². The van der Waals surface area contributed by atoms with Crippen molar-refractivity contribution in [1.82, 2.24) is 14.7 Å². The number of carbonyl (C=O) groups excluding carboxylic acids is 3. The Morgan fingerprint density at radius 3 is 2.24 bits per heavy atom. The monoisotopic (exact) mass is 287 g/mol. The second-order valence-electron chi connectivity index (χ2n) is 5.53. The van der Waals surface area contributed by atoms with Crippen molar-refractivity contribution in [1.29, 1.82) is 0 Å². The number of carbonyl (C=O) groups is 3. The Hall–Kier alpha value is -2.21. The molecule has 0 N–H and O–H groups in total. The van der Waals surface area contributed by atoms with E-state index in [0.717, 1.165) is 18.0 Å². The van der Waals surface area contributed by atoms with Crippen LogP contribution in [0.4, 0.5) is 0 Å². The lowest BCUT2D eigenvalue weighted by Gasteiger charge is -2.32. The molecule has 1 saturated heterocycles. The second-order valence-corrected chi connectivity index (χ2v) is 5.53. The highest BCUT2D eigenvalue weighted by Crippen LogP contribution is 2.23. The van der Waals surface area contributed by atoms with Gasteiger partial charge in [0.1, 0.15) is 0 Å². The van der Waals surface area contributed by atoms with Gasteiger partial charge in [0.05, 0.1) is 11.1 Å². The van der Waals surface area contributed by atoms with Crippen LogP contribution < -0.4 is 0 Å². The maximum absolute atomic E-state index is 12.5. The first-order valence-electron chi connectivity index (χ1n) is 6.93. The van der Waals surface area contributed by atoms with Crippen molar-refractivity contribution in [3.05, 3.63) is 34.9 Å². The van der Waals surface area contributed by atoms with Crippen molar-refractivity contribution in [2.45, 2.75) is 0 Å². The fourth-order valence-corrected chi connectivity index (χ4v) is 2.69. The molecular formula is C15H17N3O3. The first-order valence-corrected chi connectivity index (χ1v) is 6.93. The third-order valence-corrected chi connectivity index (χ3v) is 4.13. The second kappa shape index (κ2) is 4.96. The zero-order valence-electron chi connectivity index (χ0n) is 12.1. The summed E-state index contributed by atoms with van der Waals surface area (Å²) in [6.07, 6.45) is 0. The van der Waals surface area contributed by atoms with Gasteiger partial charge in [-0.25, -0.2) is 0 Å². The van der Waals surface area contributed by atoms with Crippen molar-refractivity contribution in [2.24, 2.45) is 0 Å². The summed E-state index contributed by atoms with van der Waals surface area (Å²) in [5, 5.41) is 0. The minimum absolute atomic E-state index is 0.0827. The van der Waals surface area contributed by atoms with Gasteiger partial charge in [-0.2, -0.15) is 0 Å². The third-order valence-electron chi connectivity index (χ3n) is 4.13. The zero-order chi connectivity index (χ0) is 15.1. The average Bonchev–Trinajstić information content (AvgIpc) is 2.72. The minimum Gasteiger partial charge on any atom is -0.336 e. The molecule has 0 aromatic heterocycles. The summed E-state index contributed by atoms with van der Waals surface area (Å²) < 4.78 is 0. The molecule has 3 amide bonds. The predicted molar refractivity (Wildman–Crippen MR) is 76.3 cm³/mol. The van der Waals surface area contributed by atoms with E-state index in [1.54, 1.807) is 23.1 Å². The Morgan fingerprint density at radius 2 is 1.57 bits per heavy atom. The number of rotatable bonds is 1. The van der Waals surface area contributed by atoms with Gasteiger partial charge in [0.2, 0.25) is 0 Å². The number of likely N-dealkylation sites (N-methyl/N-ethyl adjacent to an activating group) is 1. The van der Waals surface area contributed by atoms with Gasteiger partial charge in [0, 0.05) is 38.8 Å². The maximum atomic E-state index is 12.5. The van der Waals surface area contributed by atoms with Crippen LogP contribution in [0.5, 0.6) is 0 Å². The first kappa shape index (κ1) is 13.8. The Bertz CT molecular complexity index is 633. The molecule has 2 aliphatic heterocycles. The molecule has 0 spiro atoms. The van der Waals surface area contributed by atoms with E-state index in [-0.39, 0.29) is 17.7 Å². The standard InChI is InChI=1S/C15H17N3O3/c1-16-5-7-18(8-6-16)13(19)10-3-4-11-12(9-10)15(21)17(2)14(11)20/h3-4,9H,5-8H2,1-2H3. The zero-order valence-corrected chi connectivity index (χ0v) is 12.1. The van der Waals surface area contributed by atoms with Crippen LogP contribution in [0.3, 0.4) is 0 Å². The van der Waals surface area contributed by atoms with Crippen LogP contribution in [0.2, 0.25) is 0 Å². The highest BCUT2D eigenvalue weighted by Gasteiger charge is 2.33. The number of benzene rings is 1. The Morgan fingerprint density at radius 1 is 0.952 bits per heavy atom.